The van der Waals surface area contributed by atoms with Gasteiger partial charge in [-0.25, -0.2) is 0 Å². The molecule has 1 aromatic carbocycles. The molecule has 0 spiro atoms. The number of aryl methyl sites for hydroxylation is 3. The Morgan fingerprint density at radius 2 is 1.94 bits per heavy atom. The van der Waals surface area contributed by atoms with Crippen LogP contribution in [0, 0.1) is 13.8 Å². The number of rotatable bonds is 4. The van der Waals surface area contributed by atoms with E-state index in [1.165, 1.54) is 34.1 Å². The molecule has 3 rings (SSSR count). The Hall–Kier alpha value is -0.860. The van der Waals surface area contributed by atoms with Gasteiger partial charge in [0.05, 0.1) is 0 Å². The molecular weight excluding hydrogens is 238 g/mol. The molecule has 2 heteroatoms. The molecular formula is C16H21NS. The molecule has 0 saturated heterocycles. The average molecular weight is 259 g/mol. The van der Waals surface area contributed by atoms with Gasteiger partial charge in [-0.1, -0.05) is 13.0 Å². The second kappa shape index (κ2) is 4.67. The molecule has 1 aromatic heterocycles. The number of benzene rings is 1. The quantitative estimate of drug-likeness (QED) is 0.861. The fraction of sp³-hybridized carbons (Fsp3) is 0.500. The van der Waals surface area contributed by atoms with Crippen LogP contribution in [-0.4, -0.2) is 6.04 Å². The van der Waals surface area contributed by atoms with Crippen molar-refractivity contribution < 1.29 is 0 Å². The largest absolute Gasteiger partial charge is 0.309 e. The first-order chi connectivity index (χ1) is 8.69. The first-order valence-electron chi connectivity index (χ1n) is 6.94. The number of nitrogens with one attached hydrogen (secondary N) is 1. The van der Waals surface area contributed by atoms with E-state index >= 15 is 0 Å². The molecule has 1 saturated carbocycles. The van der Waals surface area contributed by atoms with Gasteiger partial charge < -0.3 is 5.32 Å². The Morgan fingerprint density at radius 1 is 1.22 bits per heavy atom. The summed E-state index contributed by atoms with van der Waals surface area (Å²) in [6.07, 6.45) is 3.87. The van der Waals surface area contributed by atoms with Gasteiger partial charge in [0.2, 0.25) is 0 Å². The van der Waals surface area contributed by atoms with Crippen LogP contribution >= 0.6 is 11.3 Å². The molecule has 0 amide bonds. The molecule has 2 aromatic rings. The number of fused-ring (bicyclic) bond motifs is 1. The average Bonchev–Trinajstić information content (AvgIpc) is 3.11. The highest BCUT2D eigenvalue weighted by molar-refractivity contribution is 7.19. The number of thiophene rings is 1. The first-order valence-corrected chi connectivity index (χ1v) is 7.75. The fourth-order valence-electron chi connectivity index (χ4n) is 2.51. The van der Waals surface area contributed by atoms with Crippen LogP contribution in [0.4, 0.5) is 0 Å². The van der Waals surface area contributed by atoms with E-state index in [-0.39, 0.29) is 0 Å². The zero-order chi connectivity index (χ0) is 12.7. The minimum atomic E-state index is 0.795. The third-order valence-electron chi connectivity index (χ3n) is 3.97. The Labute approximate surface area is 113 Å². The van der Waals surface area contributed by atoms with E-state index in [2.05, 4.69) is 38.2 Å². The van der Waals surface area contributed by atoms with E-state index in [1.807, 2.05) is 11.3 Å². The van der Waals surface area contributed by atoms with Crippen molar-refractivity contribution in [1.29, 1.82) is 0 Å². The highest BCUT2D eigenvalue weighted by atomic mass is 32.1. The first kappa shape index (κ1) is 12.2. The molecule has 96 valence electrons. The molecule has 1 N–H and O–H groups in total. The summed E-state index contributed by atoms with van der Waals surface area (Å²) in [4.78, 5) is 1.55. The topological polar surface area (TPSA) is 12.0 Å². The molecule has 0 bridgehead atoms. The van der Waals surface area contributed by atoms with Gasteiger partial charge in [0.25, 0.3) is 0 Å². The summed E-state index contributed by atoms with van der Waals surface area (Å²) in [6.45, 7) is 7.76. The van der Waals surface area contributed by atoms with Crippen molar-refractivity contribution in [3.8, 4) is 0 Å². The van der Waals surface area contributed by atoms with Gasteiger partial charge in [0.1, 0.15) is 0 Å². The molecule has 0 radical (unpaired) electrons. The van der Waals surface area contributed by atoms with Crippen LogP contribution in [0.2, 0.25) is 0 Å². The normalized spacial score (nSPS) is 15.5. The van der Waals surface area contributed by atoms with Crippen LogP contribution in [0.5, 0.6) is 0 Å². The lowest BCUT2D eigenvalue weighted by atomic mass is 10.0. The van der Waals surface area contributed by atoms with Gasteiger partial charge in [-0.05, 0) is 61.3 Å². The summed E-state index contributed by atoms with van der Waals surface area (Å²) in [5, 5.41) is 5.13. The van der Waals surface area contributed by atoms with Crippen LogP contribution in [0.1, 0.15) is 41.3 Å². The van der Waals surface area contributed by atoms with Crippen LogP contribution in [0.3, 0.4) is 0 Å². The van der Waals surface area contributed by atoms with Gasteiger partial charge in [-0.2, -0.15) is 0 Å². The maximum Gasteiger partial charge on any atom is 0.0351 e. The molecule has 0 atom stereocenters. The molecule has 1 aliphatic carbocycles. The lowest BCUT2D eigenvalue weighted by Gasteiger charge is -2.04. The lowest BCUT2D eigenvalue weighted by molar-refractivity contribution is 0.692. The minimum absolute atomic E-state index is 0.795. The predicted octanol–water partition coefficient (Wildman–Crippen LogP) is 4.33. The Morgan fingerprint density at radius 3 is 2.61 bits per heavy atom. The highest BCUT2D eigenvalue weighted by Gasteiger charge is 2.21. The molecule has 1 nitrogen and oxygen atoms in total. The summed E-state index contributed by atoms with van der Waals surface area (Å²) in [7, 11) is 0. The van der Waals surface area contributed by atoms with Crippen molar-refractivity contribution in [2.24, 2.45) is 0 Å². The summed E-state index contributed by atoms with van der Waals surface area (Å²) < 4.78 is 1.46. The summed E-state index contributed by atoms with van der Waals surface area (Å²) in [5.74, 6) is 0. The lowest BCUT2D eigenvalue weighted by Crippen LogP contribution is -2.15. The van der Waals surface area contributed by atoms with E-state index in [1.54, 1.807) is 10.4 Å². The van der Waals surface area contributed by atoms with Crippen molar-refractivity contribution in [3.63, 3.8) is 0 Å². The van der Waals surface area contributed by atoms with Crippen LogP contribution < -0.4 is 5.32 Å². The molecule has 0 aliphatic heterocycles. The molecule has 1 aliphatic rings. The van der Waals surface area contributed by atoms with Gasteiger partial charge in [0.15, 0.2) is 0 Å². The van der Waals surface area contributed by atoms with E-state index in [0.717, 1.165) is 19.0 Å². The Balaban J connectivity index is 2.01. The smallest absolute Gasteiger partial charge is 0.0351 e. The van der Waals surface area contributed by atoms with Crippen molar-refractivity contribution in [2.45, 2.75) is 52.6 Å². The van der Waals surface area contributed by atoms with E-state index < -0.39 is 0 Å². The van der Waals surface area contributed by atoms with Gasteiger partial charge in [-0.3, -0.25) is 0 Å². The molecule has 1 heterocycles. The molecule has 0 unspecified atom stereocenters. The summed E-state index contributed by atoms with van der Waals surface area (Å²) >= 11 is 1.98. The zero-order valence-electron chi connectivity index (χ0n) is 11.5. The van der Waals surface area contributed by atoms with Crippen molar-refractivity contribution >= 4 is 21.4 Å². The summed E-state index contributed by atoms with van der Waals surface area (Å²) in [5.41, 5.74) is 4.39. The standard InChI is InChI=1S/C16H21NS/c1-4-13-14-7-10(2)11(3)8-15(14)18-16(13)9-17-12-5-6-12/h7-8,12,17H,4-6,9H2,1-3H3. The SMILES string of the molecule is CCc1c(CNC2CC2)sc2cc(C)c(C)cc12. The van der Waals surface area contributed by atoms with E-state index in [0.29, 0.717) is 0 Å². The Kier molecular flexibility index (Phi) is 3.16. The maximum atomic E-state index is 3.65. The Bertz CT molecular complexity index is 578. The van der Waals surface area contributed by atoms with E-state index in [9.17, 15) is 0 Å². The summed E-state index contributed by atoms with van der Waals surface area (Å²) in [6, 6.07) is 5.53. The fourth-order valence-corrected chi connectivity index (χ4v) is 3.84. The van der Waals surface area contributed by atoms with Gasteiger partial charge >= 0.3 is 0 Å². The van der Waals surface area contributed by atoms with Gasteiger partial charge in [-0.15, -0.1) is 11.3 Å². The maximum absolute atomic E-state index is 3.65. The van der Waals surface area contributed by atoms with Crippen molar-refractivity contribution in [3.05, 3.63) is 33.7 Å². The van der Waals surface area contributed by atoms with Crippen LogP contribution in [0.25, 0.3) is 10.1 Å². The number of hydrogen-bond acceptors (Lipinski definition) is 2. The van der Waals surface area contributed by atoms with Crippen molar-refractivity contribution in [1.82, 2.24) is 5.32 Å². The highest BCUT2D eigenvalue weighted by Crippen LogP contribution is 2.34. The van der Waals surface area contributed by atoms with Crippen LogP contribution in [-0.2, 0) is 13.0 Å². The van der Waals surface area contributed by atoms with Crippen molar-refractivity contribution in [2.75, 3.05) is 0 Å². The second-order valence-electron chi connectivity index (χ2n) is 5.45. The monoisotopic (exact) mass is 259 g/mol. The third-order valence-corrected chi connectivity index (χ3v) is 5.17. The third kappa shape index (κ3) is 2.19. The van der Waals surface area contributed by atoms with Gasteiger partial charge in [0, 0.05) is 22.2 Å². The molecule has 18 heavy (non-hydrogen) atoms. The number of hydrogen-bond donors (Lipinski definition) is 1. The van der Waals surface area contributed by atoms with Crippen LogP contribution in [0.15, 0.2) is 12.1 Å². The molecule has 1 fully saturated rings. The minimum Gasteiger partial charge on any atom is -0.309 e. The zero-order valence-corrected chi connectivity index (χ0v) is 12.3. The van der Waals surface area contributed by atoms with E-state index in [4.69, 9.17) is 0 Å². The second-order valence-corrected chi connectivity index (χ2v) is 6.58. The predicted molar refractivity (Wildman–Crippen MR) is 80.5 cm³/mol.